The molecule has 43 heavy (non-hydrogen) atoms. The summed E-state index contributed by atoms with van der Waals surface area (Å²) in [6, 6.07) is 13.3. The van der Waals surface area contributed by atoms with Crippen LogP contribution in [0.3, 0.4) is 0 Å². The van der Waals surface area contributed by atoms with Gasteiger partial charge in [0.15, 0.2) is 23.0 Å². The third kappa shape index (κ3) is 3.19. The number of aromatic hydroxyl groups is 6. The normalized spacial score (nSPS) is 29.3. The van der Waals surface area contributed by atoms with Crippen molar-refractivity contribution in [1.29, 1.82) is 0 Å². The Kier molecular flexibility index (Phi) is 4.92. The van der Waals surface area contributed by atoms with E-state index < -0.39 is 40.6 Å². The Balaban J connectivity index is 1.36. The van der Waals surface area contributed by atoms with Crippen LogP contribution in [0.2, 0.25) is 0 Å². The minimum Gasteiger partial charge on any atom is -0.508 e. The van der Waals surface area contributed by atoms with E-state index in [-0.39, 0.29) is 47.5 Å². The Morgan fingerprint density at radius 1 is 0.512 bits per heavy atom. The second-order valence-corrected chi connectivity index (χ2v) is 12.2. The second kappa shape index (κ2) is 8.18. The molecule has 2 aliphatic heterocycles. The van der Waals surface area contributed by atoms with Crippen LogP contribution in [0.25, 0.3) is 0 Å². The summed E-state index contributed by atoms with van der Waals surface area (Å²) in [5.41, 5.74) is 0.440. The molecule has 0 aromatic heterocycles. The van der Waals surface area contributed by atoms with E-state index in [0.717, 1.165) is 0 Å². The van der Waals surface area contributed by atoms with Gasteiger partial charge in [-0.05, 0) is 58.7 Å². The van der Waals surface area contributed by atoms with Crippen LogP contribution in [0.4, 0.5) is 0 Å². The molecule has 0 radical (unpaired) electrons. The molecule has 4 aliphatic rings. The maximum Gasteiger partial charge on any atom is 0.157 e. The minimum absolute atomic E-state index is 0.0160. The van der Waals surface area contributed by atoms with Crippen LogP contribution < -0.4 is 9.47 Å². The largest absolute Gasteiger partial charge is 0.508 e. The summed E-state index contributed by atoms with van der Waals surface area (Å²) in [5.74, 6) is -3.82. The lowest BCUT2D eigenvalue weighted by atomic mass is 9.72. The van der Waals surface area contributed by atoms with Crippen molar-refractivity contribution in [3.8, 4) is 46.0 Å². The summed E-state index contributed by atoms with van der Waals surface area (Å²) in [5, 5.41) is 87.5. The summed E-state index contributed by atoms with van der Waals surface area (Å²) in [6.07, 6.45) is 0. The zero-order valence-electron chi connectivity index (χ0n) is 22.8. The lowest BCUT2D eigenvalue weighted by Gasteiger charge is -2.42. The Labute approximate surface area is 244 Å². The fraction of sp³-hybridized carbons (Fsp3) is 0.273. The average molecular weight is 585 g/mol. The maximum absolute atomic E-state index is 12.5. The van der Waals surface area contributed by atoms with Gasteiger partial charge in [0.25, 0.3) is 0 Å². The molecule has 0 bridgehead atoms. The highest BCUT2D eigenvalue weighted by Gasteiger charge is 2.59. The Hall–Kier alpha value is -4.80. The Bertz CT molecular complexity index is 1880. The van der Waals surface area contributed by atoms with E-state index in [2.05, 4.69) is 0 Å². The van der Waals surface area contributed by atoms with Crippen LogP contribution in [0.5, 0.6) is 46.0 Å². The summed E-state index contributed by atoms with van der Waals surface area (Å²) in [4.78, 5) is 0. The molecule has 8 rings (SSSR count). The summed E-state index contributed by atoms with van der Waals surface area (Å²) >= 11 is 0. The van der Waals surface area contributed by atoms with E-state index in [1.807, 2.05) is 6.92 Å². The molecule has 6 atom stereocenters. The third-order valence-corrected chi connectivity index (χ3v) is 10.0. The van der Waals surface area contributed by atoms with Crippen LogP contribution in [-0.4, -0.2) is 65.3 Å². The molecule has 0 spiro atoms. The highest BCUT2D eigenvalue weighted by atomic mass is 16.5. The van der Waals surface area contributed by atoms with Crippen LogP contribution in [0.15, 0.2) is 54.6 Å². The standard InChI is InChI=1S/C33H28O10/c1-13-16-6-23(36)24(37)7-17(16)31-21-5-20(22(35)10-28(21)42-11-32(13,31)40)30-19-9-26(39)25(38)8-18(19)29-15-3-2-14(34)4-27(15)43-12-33(29,30)41/h2-10,13,29-31,34-41H,11-12H2,1H3/t13-,29-,30-,31+,32+,33-/m1/s1. The van der Waals surface area contributed by atoms with E-state index in [9.17, 15) is 40.9 Å². The van der Waals surface area contributed by atoms with Crippen molar-refractivity contribution in [3.05, 3.63) is 93.5 Å². The van der Waals surface area contributed by atoms with Crippen molar-refractivity contribution in [2.24, 2.45) is 0 Å². The molecule has 220 valence electrons. The van der Waals surface area contributed by atoms with Gasteiger partial charge in [-0.25, -0.2) is 0 Å². The van der Waals surface area contributed by atoms with Crippen LogP contribution in [0, 0.1) is 0 Å². The molecule has 2 heterocycles. The van der Waals surface area contributed by atoms with Gasteiger partial charge in [0.2, 0.25) is 0 Å². The molecule has 10 heteroatoms. The van der Waals surface area contributed by atoms with Gasteiger partial charge in [-0.2, -0.15) is 0 Å². The van der Waals surface area contributed by atoms with Crippen molar-refractivity contribution in [1.82, 2.24) is 0 Å². The molecule has 2 aliphatic carbocycles. The van der Waals surface area contributed by atoms with Gasteiger partial charge >= 0.3 is 0 Å². The number of aliphatic hydroxyl groups is 2. The number of ether oxygens (including phenoxy) is 2. The molecule has 0 unspecified atom stereocenters. The topological polar surface area (TPSA) is 180 Å². The number of phenols is 6. The molecule has 0 amide bonds. The van der Waals surface area contributed by atoms with Gasteiger partial charge in [0.05, 0.1) is 0 Å². The van der Waals surface area contributed by atoms with Crippen LogP contribution in [-0.2, 0) is 0 Å². The van der Waals surface area contributed by atoms with Crippen molar-refractivity contribution >= 4 is 0 Å². The number of fused-ring (bicyclic) bond motifs is 10. The highest BCUT2D eigenvalue weighted by molar-refractivity contribution is 5.67. The van der Waals surface area contributed by atoms with Crippen molar-refractivity contribution < 1.29 is 50.3 Å². The molecular formula is C33H28O10. The fourth-order valence-electron chi connectivity index (χ4n) is 7.98. The number of benzene rings is 4. The van der Waals surface area contributed by atoms with Gasteiger partial charge in [0, 0.05) is 52.5 Å². The number of hydrogen-bond acceptors (Lipinski definition) is 10. The zero-order chi connectivity index (χ0) is 30.2. The van der Waals surface area contributed by atoms with Gasteiger partial charge < -0.3 is 50.3 Å². The predicted octanol–water partition coefficient (Wildman–Crippen LogP) is 3.69. The molecule has 0 fully saturated rings. The summed E-state index contributed by atoms with van der Waals surface area (Å²) < 4.78 is 11.9. The number of rotatable bonds is 1. The van der Waals surface area contributed by atoms with Crippen LogP contribution >= 0.6 is 0 Å². The lowest BCUT2D eigenvalue weighted by molar-refractivity contribution is -0.0399. The van der Waals surface area contributed by atoms with E-state index in [0.29, 0.717) is 44.9 Å². The third-order valence-electron chi connectivity index (χ3n) is 10.0. The van der Waals surface area contributed by atoms with E-state index >= 15 is 0 Å². The number of phenolic OH excluding ortho intramolecular Hbond substituents is 6. The SMILES string of the molecule is C[C@@H]1c2cc(O)c(O)cc2[C@H]2c3cc([C@H]4c5cc(O)c(O)cc5[C@H]5c6ccc(O)cc6OC[C@@]54O)c(O)cc3OC[C@@]21O. The number of hydrogen-bond donors (Lipinski definition) is 8. The first-order valence-corrected chi connectivity index (χ1v) is 13.9. The molecule has 4 aromatic rings. The first-order chi connectivity index (χ1) is 20.4. The maximum atomic E-state index is 12.5. The van der Waals surface area contributed by atoms with Crippen LogP contribution in [0.1, 0.15) is 69.5 Å². The Morgan fingerprint density at radius 3 is 1.63 bits per heavy atom. The smallest absolute Gasteiger partial charge is 0.157 e. The fourth-order valence-corrected chi connectivity index (χ4v) is 7.98. The first-order valence-electron chi connectivity index (χ1n) is 13.9. The van der Waals surface area contributed by atoms with E-state index in [4.69, 9.17) is 9.47 Å². The average Bonchev–Trinajstić information content (AvgIpc) is 3.33. The quantitative estimate of drug-likeness (QED) is 0.154. The first kappa shape index (κ1) is 25.9. The monoisotopic (exact) mass is 584 g/mol. The lowest BCUT2D eigenvalue weighted by Crippen LogP contribution is -2.47. The summed E-state index contributed by atoms with van der Waals surface area (Å²) in [6.45, 7) is 1.49. The second-order valence-electron chi connectivity index (χ2n) is 12.2. The predicted molar refractivity (Wildman–Crippen MR) is 151 cm³/mol. The molecule has 0 saturated carbocycles. The van der Waals surface area contributed by atoms with E-state index in [1.54, 1.807) is 12.1 Å². The molecule has 10 nitrogen and oxygen atoms in total. The van der Waals surface area contributed by atoms with Gasteiger partial charge in [-0.1, -0.05) is 13.0 Å². The molecular weight excluding hydrogens is 556 g/mol. The zero-order valence-corrected chi connectivity index (χ0v) is 22.8. The van der Waals surface area contributed by atoms with Gasteiger partial charge in [-0.3, -0.25) is 0 Å². The van der Waals surface area contributed by atoms with Crippen molar-refractivity contribution in [2.45, 2.75) is 41.8 Å². The summed E-state index contributed by atoms with van der Waals surface area (Å²) in [7, 11) is 0. The molecule has 0 saturated heterocycles. The van der Waals surface area contributed by atoms with Crippen molar-refractivity contribution in [2.75, 3.05) is 13.2 Å². The van der Waals surface area contributed by atoms with Gasteiger partial charge in [-0.15, -0.1) is 0 Å². The minimum atomic E-state index is -1.70. The molecule has 8 N–H and O–H groups in total. The highest BCUT2D eigenvalue weighted by Crippen LogP contribution is 2.63. The van der Waals surface area contributed by atoms with Gasteiger partial charge in [0.1, 0.15) is 47.4 Å². The van der Waals surface area contributed by atoms with Crippen molar-refractivity contribution in [3.63, 3.8) is 0 Å². The molecule has 4 aromatic carbocycles. The van der Waals surface area contributed by atoms with E-state index in [1.165, 1.54) is 42.5 Å². The Morgan fingerprint density at radius 2 is 1.00 bits per heavy atom.